The van der Waals surface area contributed by atoms with E-state index in [0.29, 0.717) is 11.6 Å². The van der Waals surface area contributed by atoms with Crippen molar-refractivity contribution >= 4 is 17.3 Å². The fourth-order valence-electron chi connectivity index (χ4n) is 3.96. The van der Waals surface area contributed by atoms with Gasteiger partial charge >= 0.3 is 5.97 Å². The zero-order valence-electron chi connectivity index (χ0n) is 17.2. The number of benzene rings is 2. The highest BCUT2D eigenvalue weighted by Crippen LogP contribution is 2.29. The Morgan fingerprint density at radius 1 is 1.00 bits per heavy atom. The van der Waals surface area contributed by atoms with Crippen LogP contribution in [0.1, 0.15) is 39.6 Å². The minimum absolute atomic E-state index is 0.268. The van der Waals surface area contributed by atoms with Crippen LogP contribution in [0, 0.1) is 0 Å². The molecule has 0 bridgehead atoms. The lowest BCUT2D eigenvalue weighted by molar-refractivity contribution is 0.0525. The Morgan fingerprint density at radius 2 is 1.60 bits per heavy atom. The highest BCUT2D eigenvalue weighted by molar-refractivity contribution is 7.11. The number of rotatable bonds is 7. The van der Waals surface area contributed by atoms with E-state index in [2.05, 4.69) is 75.4 Å². The maximum absolute atomic E-state index is 11.8. The van der Waals surface area contributed by atoms with E-state index < -0.39 is 0 Å². The van der Waals surface area contributed by atoms with Gasteiger partial charge in [0, 0.05) is 38.1 Å². The number of aromatic nitrogens is 1. The third-order valence-corrected chi connectivity index (χ3v) is 6.26. The zero-order valence-corrected chi connectivity index (χ0v) is 18.1. The fourth-order valence-corrected chi connectivity index (χ4v) is 4.66. The van der Waals surface area contributed by atoms with Crippen molar-refractivity contribution in [1.82, 2.24) is 14.8 Å². The van der Waals surface area contributed by atoms with E-state index in [-0.39, 0.29) is 12.0 Å². The molecule has 0 unspecified atom stereocenters. The van der Waals surface area contributed by atoms with Gasteiger partial charge in [0.15, 0.2) is 0 Å². The number of hydrogen-bond acceptors (Lipinski definition) is 6. The standard InChI is InChI=1S/C24H27N3O2S/c1-2-29-24(28)23-25-21(18-30-23)17-26-13-15-27(16-14-26)22(19-9-5-3-6-10-19)20-11-7-4-8-12-20/h3-12,18,22H,2,13-17H2,1H3. The maximum atomic E-state index is 11.8. The summed E-state index contributed by atoms with van der Waals surface area (Å²) >= 11 is 1.36. The quantitative estimate of drug-likeness (QED) is 0.535. The molecular weight excluding hydrogens is 394 g/mol. The second kappa shape index (κ2) is 9.98. The van der Waals surface area contributed by atoms with Crippen molar-refractivity contribution in [3.63, 3.8) is 0 Å². The highest BCUT2D eigenvalue weighted by atomic mass is 32.1. The number of carbonyl (C=O) groups excluding carboxylic acids is 1. The molecule has 4 rings (SSSR count). The van der Waals surface area contributed by atoms with Crippen molar-refractivity contribution in [1.29, 1.82) is 0 Å². The summed E-state index contributed by atoms with van der Waals surface area (Å²) in [5.41, 5.74) is 3.60. The Balaban J connectivity index is 1.41. The summed E-state index contributed by atoms with van der Waals surface area (Å²) in [5.74, 6) is -0.327. The molecule has 0 N–H and O–H groups in total. The summed E-state index contributed by atoms with van der Waals surface area (Å²) in [4.78, 5) is 21.3. The van der Waals surface area contributed by atoms with Gasteiger partial charge in [-0.15, -0.1) is 11.3 Å². The van der Waals surface area contributed by atoms with Crippen molar-refractivity contribution in [2.24, 2.45) is 0 Å². The Bertz CT molecular complexity index is 898. The SMILES string of the molecule is CCOC(=O)c1nc(CN2CCN(C(c3ccccc3)c3ccccc3)CC2)cs1. The number of hydrogen-bond donors (Lipinski definition) is 0. The van der Waals surface area contributed by atoms with Crippen molar-refractivity contribution < 1.29 is 9.53 Å². The first-order chi connectivity index (χ1) is 14.7. The summed E-state index contributed by atoms with van der Waals surface area (Å²) < 4.78 is 5.04. The molecule has 5 nitrogen and oxygen atoms in total. The van der Waals surface area contributed by atoms with E-state index >= 15 is 0 Å². The van der Waals surface area contributed by atoms with Crippen LogP contribution in [0.5, 0.6) is 0 Å². The smallest absolute Gasteiger partial charge is 0.367 e. The average Bonchev–Trinajstić information content (AvgIpc) is 3.26. The molecular formula is C24H27N3O2S. The van der Waals surface area contributed by atoms with Gasteiger partial charge in [-0.3, -0.25) is 9.80 Å². The van der Waals surface area contributed by atoms with Crippen LogP contribution in [0.2, 0.25) is 0 Å². The van der Waals surface area contributed by atoms with Gasteiger partial charge < -0.3 is 4.74 Å². The molecule has 1 aromatic heterocycles. The summed E-state index contributed by atoms with van der Waals surface area (Å²) in [5, 5.41) is 2.41. The van der Waals surface area contributed by atoms with Crippen molar-refractivity contribution in [3.05, 3.63) is 87.9 Å². The molecule has 1 aliphatic rings. The van der Waals surface area contributed by atoms with E-state index in [1.807, 2.05) is 12.3 Å². The van der Waals surface area contributed by atoms with E-state index in [9.17, 15) is 4.79 Å². The monoisotopic (exact) mass is 421 g/mol. The Kier molecular flexibility index (Phi) is 6.89. The fraction of sp³-hybridized carbons (Fsp3) is 0.333. The second-order valence-corrected chi connectivity index (χ2v) is 8.26. The molecule has 156 valence electrons. The lowest BCUT2D eigenvalue weighted by Crippen LogP contribution is -2.47. The molecule has 1 fully saturated rings. The van der Waals surface area contributed by atoms with Crippen LogP contribution in [0.3, 0.4) is 0 Å². The molecule has 0 radical (unpaired) electrons. The van der Waals surface area contributed by atoms with E-state index in [1.165, 1.54) is 22.5 Å². The van der Waals surface area contributed by atoms with Crippen LogP contribution in [0.25, 0.3) is 0 Å². The molecule has 0 aliphatic carbocycles. The summed E-state index contributed by atoms with van der Waals surface area (Å²) in [6.45, 7) is 6.88. The van der Waals surface area contributed by atoms with Gasteiger partial charge in [0.05, 0.1) is 18.3 Å². The minimum atomic E-state index is -0.327. The molecule has 3 aromatic rings. The normalized spacial score (nSPS) is 15.4. The van der Waals surface area contributed by atoms with Gasteiger partial charge in [0.2, 0.25) is 5.01 Å². The Morgan fingerprint density at radius 3 is 2.17 bits per heavy atom. The molecule has 2 aromatic carbocycles. The van der Waals surface area contributed by atoms with Gasteiger partial charge in [0.1, 0.15) is 0 Å². The number of ether oxygens (including phenoxy) is 1. The molecule has 1 aliphatic heterocycles. The van der Waals surface area contributed by atoms with Gasteiger partial charge in [0.25, 0.3) is 0 Å². The molecule has 2 heterocycles. The van der Waals surface area contributed by atoms with Crippen LogP contribution < -0.4 is 0 Å². The average molecular weight is 422 g/mol. The van der Waals surface area contributed by atoms with Crippen LogP contribution in [-0.4, -0.2) is 53.5 Å². The highest BCUT2D eigenvalue weighted by Gasteiger charge is 2.26. The third-order valence-electron chi connectivity index (χ3n) is 5.39. The minimum Gasteiger partial charge on any atom is -0.461 e. The van der Waals surface area contributed by atoms with Crippen molar-refractivity contribution in [2.75, 3.05) is 32.8 Å². The summed E-state index contributed by atoms with van der Waals surface area (Å²) in [6, 6.07) is 21.7. The van der Waals surface area contributed by atoms with Crippen molar-refractivity contribution in [2.45, 2.75) is 19.5 Å². The number of esters is 1. The third kappa shape index (κ3) is 4.95. The lowest BCUT2D eigenvalue weighted by atomic mass is 9.96. The van der Waals surface area contributed by atoms with E-state index in [1.54, 1.807) is 0 Å². The molecule has 0 saturated carbocycles. The molecule has 0 atom stereocenters. The van der Waals surface area contributed by atoms with Gasteiger partial charge in [-0.25, -0.2) is 9.78 Å². The van der Waals surface area contributed by atoms with Crippen LogP contribution in [-0.2, 0) is 11.3 Å². The predicted molar refractivity (Wildman–Crippen MR) is 120 cm³/mol. The van der Waals surface area contributed by atoms with Crippen LogP contribution >= 0.6 is 11.3 Å². The maximum Gasteiger partial charge on any atom is 0.367 e. The molecule has 1 saturated heterocycles. The largest absolute Gasteiger partial charge is 0.461 e. The first kappa shape index (κ1) is 20.7. The van der Waals surface area contributed by atoms with Crippen molar-refractivity contribution in [3.8, 4) is 0 Å². The number of nitrogens with zero attached hydrogens (tertiary/aromatic N) is 3. The summed E-state index contributed by atoms with van der Waals surface area (Å²) in [6.07, 6.45) is 0. The lowest BCUT2D eigenvalue weighted by Gasteiger charge is -2.39. The summed E-state index contributed by atoms with van der Waals surface area (Å²) in [7, 11) is 0. The number of carbonyl (C=O) groups is 1. The molecule has 6 heteroatoms. The first-order valence-electron chi connectivity index (χ1n) is 10.4. The first-order valence-corrected chi connectivity index (χ1v) is 11.3. The number of thiazole rings is 1. The van der Waals surface area contributed by atoms with Crippen LogP contribution in [0.15, 0.2) is 66.0 Å². The molecule has 30 heavy (non-hydrogen) atoms. The Labute approximate surface area is 181 Å². The zero-order chi connectivity index (χ0) is 20.8. The predicted octanol–water partition coefficient (Wildman–Crippen LogP) is 4.23. The topological polar surface area (TPSA) is 45.7 Å². The van der Waals surface area contributed by atoms with Gasteiger partial charge in [-0.05, 0) is 18.1 Å². The van der Waals surface area contributed by atoms with Crippen LogP contribution in [0.4, 0.5) is 0 Å². The number of piperazine rings is 1. The molecule has 0 spiro atoms. The van der Waals surface area contributed by atoms with Gasteiger partial charge in [-0.1, -0.05) is 60.7 Å². The van der Waals surface area contributed by atoms with E-state index in [4.69, 9.17) is 4.74 Å². The second-order valence-electron chi connectivity index (χ2n) is 7.40. The Hall–Kier alpha value is -2.54. The van der Waals surface area contributed by atoms with E-state index in [0.717, 1.165) is 38.4 Å². The van der Waals surface area contributed by atoms with Gasteiger partial charge in [-0.2, -0.15) is 0 Å². The molecule has 0 amide bonds.